The molecule has 3 rings (SSSR count). The summed E-state index contributed by atoms with van der Waals surface area (Å²) in [6, 6.07) is 15.2. The minimum atomic E-state index is -0.596. The second kappa shape index (κ2) is 8.80. The summed E-state index contributed by atoms with van der Waals surface area (Å²) in [5.74, 6) is 2.02. The van der Waals surface area contributed by atoms with E-state index in [1.807, 2.05) is 12.1 Å². The average Bonchev–Trinajstić information content (AvgIpc) is 2.70. The number of amides is 1. The van der Waals surface area contributed by atoms with Gasteiger partial charge < -0.3 is 19.7 Å². The zero-order valence-electron chi connectivity index (χ0n) is 16.3. The first-order valence-corrected chi connectivity index (χ1v) is 9.51. The van der Waals surface area contributed by atoms with Gasteiger partial charge in [0.05, 0.1) is 7.11 Å². The second-order valence-corrected chi connectivity index (χ2v) is 7.14. The number of ether oxygens (including phenoxy) is 2. The van der Waals surface area contributed by atoms with E-state index in [0.717, 1.165) is 30.4 Å². The quantitative estimate of drug-likeness (QED) is 0.824. The number of carbonyl (C=O) groups excluding carboxylic acids is 1. The van der Waals surface area contributed by atoms with Crippen LogP contribution in [-0.2, 0) is 4.79 Å². The number of methoxy groups -OCH3 is 1. The van der Waals surface area contributed by atoms with Crippen molar-refractivity contribution in [3.63, 3.8) is 0 Å². The number of piperidine rings is 1. The molecule has 5 heteroatoms. The Labute approximate surface area is 161 Å². The highest BCUT2D eigenvalue weighted by molar-refractivity contribution is 5.94. The minimum absolute atomic E-state index is 0.176. The van der Waals surface area contributed by atoms with E-state index in [1.165, 1.54) is 18.5 Å². The Kier molecular flexibility index (Phi) is 6.22. The lowest BCUT2D eigenvalue weighted by Crippen LogP contribution is -2.32. The van der Waals surface area contributed by atoms with Crippen LogP contribution in [0.1, 0.15) is 26.7 Å². The van der Waals surface area contributed by atoms with Gasteiger partial charge in [0.15, 0.2) is 6.10 Å². The highest BCUT2D eigenvalue weighted by Crippen LogP contribution is 2.24. The fourth-order valence-corrected chi connectivity index (χ4v) is 3.18. The summed E-state index contributed by atoms with van der Waals surface area (Å²) in [4.78, 5) is 14.8. The molecule has 144 valence electrons. The molecular weight excluding hydrogens is 340 g/mol. The summed E-state index contributed by atoms with van der Waals surface area (Å²) >= 11 is 0. The van der Waals surface area contributed by atoms with E-state index in [1.54, 1.807) is 38.3 Å². The summed E-state index contributed by atoms with van der Waals surface area (Å²) < 4.78 is 10.8. The molecule has 0 unspecified atom stereocenters. The number of benzene rings is 2. The van der Waals surface area contributed by atoms with Crippen LogP contribution in [0, 0.1) is 5.92 Å². The van der Waals surface area contributed by atoms with Gasteiger partial charge in [-0.1, -0.05) is 6.92 Å². The van der Waals surface area contributed by atoms with Gasteiger partial charge in [0.1, 0.15) is 11.5 Å². The Bertz CT molecular complexity index is 735. The first-order valence-electron chi connectivity index (χ1n) is 9.51. The lowest BCUT2D eigenvalue weighted by molar-refractivity contribution is -0.122. The van der Waals surface area contributed by atoms with E-state index >= 15 is 0 Å². The second-order valence-electron chi connectivity index (χ2n) is 7.14. The Morgan fingerprint density at radius 3 is 2.22 bits per heavy atom. The lowest BCUT2D eigenvalue weighted by Gasteiger charge is -2.32. The fourth-order valence-electron chi connectivity index (χ4n) is 3.18. The number of rotatable bonds is 6. The lowest BCUT2D eigenvalue weighted by atomic mass is 9.99. The van der Waals surface area contributed by atoms with E-state index < -0.39 is 6.10 Å². The van der Waals surface area contributed by atoms with E-state index in [0.29, 0.717) is 5.75 Å². The molecule has 1 aliphatic heterocycles. The molecule has 0 spiro atoms. The van der Waals surface area contributed by atoms with Crippen LogP contribution >= 0.6 is 0 Å². The molecule has 5 nitrogen and oxygen atoms in total. The molecule has 1 amide bonds. The van der Waals surface area contributed by atoms with Crippen molar-refractivity contribution in [1.29, 1.82) is 0 Å². The van der Waals surface area contributed by atoms with Crippen LogP contribution in [-0.4, -0.2) is 32.2 Å². The molecular formula is C22H28N2O3. The van der Waals surface area contributed by atoms with E-state index in [9.17, 15) is 4.79 Å². The first kappa shape index (κ1) is 19.1. The van der Waals surface area contributed by atoms with Crippen molar-refractivity contribution in [2.24, 2.45) is 5.92 Å². The fraction of sp³-hybridized carbons (Fsp3) is 0.409. The van der Waals surface area contributed by atoms with Gasteiger partial charge in [-0.15, -0.1) is 0 Å². The van der Waals surface area contributed by atoms with Gasteiger partial charge in [0.25, 0.3) is 5.91 Å². The summed E-state index contributed by atoms with van der Waals surface area (Å²) in [7, 11) is 1.61. The highest BCUT2D eigenvalue weighted by atomic mass is 16.5. The van der Waals surface area contributed by atoms with Gasteiger partial charge in [-0.25, -0.2) is 0 Å². The maximum Gasteiger partial charge on any atom is 0.265 e. The van der Waals surface area contributed by atoms with Crippen molar-refractivity contribution in [1.82, 2.24) is 0 Å². The number of hydrogen-bond acceptors (Lipinski definition) is 4. The normalized spacial score (nSPS) is 15.9. The molecule has 0 aromatic heterocycles. The van der Waals surface area contributed by atoms with Crippen LogP contribution in [0.2, 0.25) is 0 Å². The number of hydrogen-bond donors (Lipinski definition) is 1. The largest absolute Gasteiger partial charge is 0.497 e. The minimum Gasteiger partial charge on any atom is -0.497 e. The third-order valence-electron chi connectivity index (χ3n) is 5.03. The molecule has 1 atom stereocenters. The van der Waals surface area contributed by atoms with Crippen molar-refractivity contribution >= 4 is 17.3 Å². The van der Waals surface area contributed by atoms with Crippen molar-refractivity contribution < 1.29 is 14.3 Å². The molecule has 0 bridgehead atoms. The maximum absolute atomic E-state index is 12.4. The molecule has 2 aromatic carbocycles. The molecule has 1 heterocycles. The van der Waals surface area contributed by atoms with Gasteiger partial charge in [-0.3, -0.25) is 4.79 Å². The van der Waals surface area contributed by atoms with Gasteiger partial charge in [-0.05, 0) is 74.2 Å². The molecule has 2 aromatic rings. The molecule has 0 radical (unpaired) electrons. The van der Waals surface area contributed by atoms with Crippen LogP contribution in [0.25, 0.3) is 0 Å². The topological polar surface area (TPSA) is 50.8 Å². The van der Waals surface area contributed by atoms with Crippen molar-refractivity contribution in [3.8, 4) is 11.5 Å². The van der Waals surface area contributed by atoms with Gasteiger partial charge in [-0.2, -0.15) is 0 Å². The Balaban J connectivity index is 1.53. The smallest absolute Gasteiger partial charge is 0.265 e. The Hall–Kier alpha value is -2.69. The zero-order chi connectivity index (χ0) is 19.2. The van der Waals surface area contributed by atoms with Gasteiger partial charge >= 0.3 is 0 Å². The Morgan fingerprint density at radius 1 is 1.04 bits per heavy atom. The molecule has 1 saturated heterocycles. The molecule has 1 N–H and O–H groups in total. The number of carbonyl (C=O) groups is 1. The summed E-state index contributed by atoms with van der Waals surface area (Å²) in [6.45, 7) is 6.24. The molecule has 1 fully saturated rings. The molecule has 0 aliphatic carbocycles. The van der Waals surface area contributed by atoms with E-state index in [4.69, 9.17) is 9.47 Å². The van der Waals surface area contributed by atoms with Crippen LogP contribution in [0.3, 0.4) is 0 Å². The average molecular weight is 368 g/mol. The van der Waals surface area contributed by atoms with Crippen molar-refractivity contribution in [2.75, 3.05) is 30.4 Å². The van der Waals surface area contributed by atoms with E-state index in [2.05, 4.69) is 29.3 Å². The summed E-state index contributed by atoms with van der Waals surface area (Å²) in [5.41, 5.74) is 1.99. The summed E-state index contributed by atoms with van der Waals surface area (Å²) in [5, 5.41) is 2.91. The van der Waals surface area contributed by atoms with Crippen molar-refractivity contribution in [3.05, 3.63) is 48.5 Å². The zero-order valence-corrected chi connectivity index (χ0v) is 16.3. The van der Waals surface area contributed by atoms with Crippen LogP contribution < -0.4 is 19.7 Å². The van der Waals surface area contributed by atoms with Crippen LogP contribution in [0.5, 0.6) is 11.5 Å². The Morgan fingerprint density at radius 2 is 1.63 bits per heavy atom. The molecule has 0 saturated carbocycles. The first-order chi connectivity index (χ1) is 13.0. The van der Waals surface area contributed by atoms with Crippen molar-refractivity contribution in [2.45, 2.75) is 32.8 Å². The molecule has 27 heavy (non-hydrogen) atoms. The van der Waals surface area contributed by atoms with E-state index in [-0.39, 0.29) is 5.91 Å². The SMILES string of the molecule is COc1ccc(O[C@@H](C)C(=O)Nc2ccc(N3CCC(C)CC3)cc2)cc1. The number of nitrogens with zero attached hydrogens (tertiary/aromatic N) is 1. The standard InChI is InChI=1S/C22H28N2O3/c1-16-12-14-24(15-13-16)19-6-4-18(5-7-19)23-22(25)17(2)27-21-10-8-20(26-3)9-11-21/h4-11,16-17H,12-15H2,1-3H3,(H,23,25)/t17-/m0/s1. The van der Waals surface area contributed by atoms with Gasteiger partial charge in [0.2, 0.25) is 0 Å². The third kappa shape index (κ3) is 5.16. The predicted octanol–water partition coefficient (Wildman–Crippen LogP) is 4.34. The van der Waals surface area contributed by atoms with Crippen LogP contribution in [0.4, 0.5) is 11.4 Å². The number of anilines is 2. The third-order valence-corrected chi connectivity index (χ3v) is 5.03. The predicted molar refractivity (Wildman–Crippen MR) is 109 cm³/mol. The molecule has 1 aliphatic rings. The highest BCUT2D eigenvalue weighted by Gasteiger charge is 2.17. The number of nitrogens with one attached hydrogen (secondary N) is 1. The summed E-state index contributed by atoms with van der Waals surface area (Å²) in [6.07, 6.45) is 1.87. The maximum atomic E-state index is 12.4. The monoisotopic (exact) mass is 368 g/mol. The van der Waals surface area contributed by atoms with Crippen LogP contribution in [0.15, 0.2) is 48.5 Å². The van der Waals surface area contributed by atoms with Gasteiger partial charge in [0, 0.05) is 24.5 Å².